The number of benzene rings is 1. The van der Waals surface area contributed by atoms with Crippen molar-refractivity contribution in [2.45, 2.75) is 32.4 Å². The number of halogens is 2. The van der Waals surface area contributed by atoms with Crippen molar-refractivity contribution in [2.24, 2.45) is 5.92 Å². The number of rotatable bonds is 6. The summed E-state index contributed by atoms with van der Waals surface area (Å²) in [6.45, 7) is 6.13. The normalized spacial score (nSPS) is 16.6. The number of hydrogen-bond acceptors (Lipinski definition) is 4. The van der Waals surface area contributed by atoms with Crippen LogP contribution in [-0.2, 0) is 0 Å². The van der Waals surface area contributed by atoms with E-state index in [1.807, 2.05) is 0 Å². The summed E-state index contributed by atoms with van der Waals surface area (Å²) in [7, 11) is 0. The summed E-state index contributed by atoms with van der Waals surface area (Å²) in [6.07, 6.45) is 5.23. The first kappa shape index (κ1) is 18.7. The van der Waals surface area contributed by atoms with E-state index in [-0.39, 0.29) is 5.82 Å². The maximum absolute atomic E-state index is 13.7. The largest absolute Gasteiger partial charge is 0.490 e. The minimum absolute atomic E-state index is 0.311. The summed E-state index contributed by atoms with van der Waals surface area (Å²) in [4.78, 5) is 10.7. The van der Waals surface area contributed by atoms with Crippen LogP contribution in [0, 0.1) is 11.7 Å². The molecule has 0 aliphatic carbocycles. The Morgan fingerprint density at radius 2 is 1.88 bits per heavy atom. The van der Waals surface area contributed by atoms with Gasteiger partial charge in [-0.15, -0.1) is 0 Å². The minimum atomic E-state index is -1.15. The van der Waals surface area contributed by atoms with Crippen LogP contribution in [0.4, 0.5) is 8.78 Å². The van der Waals surface area contributed by atoms with Gasteiger partial charge < -0.3 is 9.64 Å². The Labute approximate surface area is 153 Å². The van der Waals surface area contributed by atoms with Crippen molar-refractivity contribution in [3.63, 3.8) is 0 Å². The highest BCUT2D eigenvalue weighted by Crippen LogP contribution is 2.22. The van der Waals surface area contributed by atoms with Crippen molar-refractivity contribution < 1.29 is 13.5 Å². The fourth-order valence-corrected chi connectivity index (χ4v) is 3.22. The third-order valence-corrected chi connectivity index (χ3v) is 4.50. The molecule has 3 rings (SSSR count). The molecular formula is C20H25F2N3O. The van der Waals surface area contributed by atoms with E-state index < -0.39 is 5.67 Å². The second kappa shape index (κ2) is 8.08. The summed E-state index contributed by atoms with van der Waals surface area (Å²) < 4.78 is 32.8. The molecular weight excluding hydrogens is 336 g/mol. The van der Waals surface area contributed by atoms with Crippen LogP contribution < -0.4 is 4.74 Å². The molecule has 2 aromatic rings. The van der Waals surface area contributed by atoms with Crippen LogP contribution in [0.1, 0.15) is 26.7 Å². The third kappa shape index (κ3) is 5.46. The molecule has 0 amide bonds. The van der Waals surface area contributed by atoms with Gasteiger partial charge >= 0.3 is 0 Å². The van der Waals surface area contributed by atoms with Crippen LogP contribution in [0.15, 0.2) is 36.7 Å². The Kier molecular flexibility index (Phi) is 5.81. The highest BCUT2D eigenvalue weighted by atomic mass is 19.1. The fourth-order valence-electron chi connectivity index (χ4n) is 3.22. The maximum atomic E-state index is 13.7. The van der Waals surface area contributed by atoms with E-state index in [0.29, 0.717) is 36.2 Å². The predicted molar refractivity (Wildman–Crippen MR) is 97.3 cm³/mol. The third-order valence-electron chi connectivity index (χ3n) is 4.50. The molecule has 1 saturated heterocycles. The number of piperidine rings is 1. The molecule has 6 heteroatoms. The van der Waals surface area contributed by atoms with Crippen LogP contribution in [-0.4, -0.2) is 46.8 Å². The van der Waals surface area contributed by atoms with E-state index in [1.165, 1.54) is 12.1 Å². The Hall–Kier alpha value is -2.08. The zero-order chi connectivity index (χ0) is 18.6. The van der Waals surface area contributed by atoms with Gasteiger partial charge in [-0.1, -0.05) is 12.1 Å². The van der Waals surface area contributed by atoms with Crippen molar-refractivity contribution in [1.29, 1.82) is 0 Å². The van der Waals surface area contributed by atoms with Crippen molar-refractivity contribution in [3.05, 3.63) is 42.5 Å². The summed E-state index contributed by atoms with van der Waals surface area (Å²) in [5.41, 5.74) is -0.510. The molecule has 0 bridgehead atoms. The number of nitrogens with zero attached hydrogens (tertiary/aromatic N) is 3. The second-order valence-electron chi connectivity index (χ2n) is 7.50. The first-order chi connectivity index (χ1) is 12.4. The number of likely N-dealkylation sites (tertiary alicyclic amines) is 1. The molecule has 26 heavy (non-hydrogen) atoms. The van der Waals surface area contributed by atoms with Crippen LogP contribution in [0.2, 0.25) is 0 Å². The quantitative estimate of drug-likeness (QED) is 0.776. The van der Waals surface area contributed by atoms with Gasteiger partial charge in [0.2, 0.25) is 0 Å². The minimum Gasteiger partial charge on any atom is -0.490 e. The predicted octanol–water partition coefficient (Wildman–Crippen LogP) is 4.12. The molecule has 4 nitrogen and oxygen atoms in total. The van der Waals surface area contributed by atoms with E-state index in [9.17, 15) is 8.78 Å². The van der Waals surface area contributed by atoms with Crippen molar-refractivity contribution >= 4 is 0 Å². The van der Waals surface area contributed by atoms with Gasteiger partial charge in [-0.3, -0.25) is 0 Å². The van der Waals surface area contributed by atoms with Crippen LogP contribution in [0.25, 0.3) is 11.4 Å². The van der Waals surface area contributed by atoms with E-state index >= 15 is 0 Å². The van der Waals surface area contributed by atoms with E-state index in [2.05, 4.69) is 14.9 Å². The van der Waals surface area contributed by atoms with E-state index in [4.69, 9.17) is 4.74 Å². The van der Waals surface area contributed by atoms with Crippen molar-refractivity contribution in [1.82, 2.24) is 14.9 Å². The summed E-state index contributed by atoms with van der Waals surface area (Å²) in [6, 6.07) is 6.20. The lowest BCUT2D eigenvalue weighted by molar-refractivity contribution is 0.0835. The highest BCUT2D eigenvalue weighted by molar-refractivity contribution is 5.54. The lowest BCUT2D eigenvalue weighted by atomic mass is 9.97. The van der Waals surface area contributed by atoms with Crippen LogP contribution in [0.3, 0.4) is 0 Å². The molecule has 1 aliphatic rings. The van der Waals surface area contributed by atoms with Gasteiger partial charge in [-0.25, -0.2) is 18.7 Å². The average molecular weight is 361 g/mol. The van der Waals surface area contributed by atoms with Gasteiger partial charge in [0.15, 0.2) is 11.6 Å². The van der Waals surface area contributed by atoms with Crippen molar-refractivity contribution in [2.75, 3.05) is 26.2 Å². The van der Waals surface area contributed by atoms with Crippen molar-refractivity contribution in [3.8, 4) is 17.1 Å². The van der Waals surface area contributed by atoms with Crippen LogP contribution >= 0.6 is 0 Å². The Morgan fingerprint density at radius 3 is 2.50 bits per heavy atom. The molecule has 1 fully saturated rings. The smallest absolute Gasteiger partial charge is 0.159 e. The van der Waals surface area contributed by atoms with E-state index in [0.717, 1.165) is 25.9 Å². The molecule has 0 unspecified atom stereocenters. The lowest BCUT2D eigenvalue weighted by Gasteiger charge is -2.34. The fraction of sp³-hybridized carbons (Fsp3) is 0.500. The Balaban J connectivity index is 1.47. The van der Waals surface area contributed by atoms with E-state index in [1.54, 1.807) is 38.4 Å². The standard InChI is InChI=1S/C20H25F2N3O/c1-20(2,22)14-25-8-6-15(7-9-25)13-26-18-11-23-19(24-12-18)16-4-3-5-17(21)10-16/h3-5,10-12,15H,6-9,13-14H2,1-2H3. The molecule has 0 N–H and O–H groups in total. The molecule has 1 aromatic heterocycles. The molecule has 0 spiro atoms. The summed E-state index contributed by atoms with van der Waals surface area (Å²) >= 11 is 0. The highest BCUT2D eigenvalue weighted by Gasteiger charge is 2.25. The number of alkyl halides is 1. The Morgan fingerprint density at radius 1 is 1.19 bits per heavy atom. The van der Waals surface area contributed by atoms with Gasteiger partial charge in [0, 0.05) is 12.1 Å². The molecule has 140 valence electrons. The van der Waals surface area contributed by atoms with Gasteiger partial charge in [-0.05, 0) is 57.8 Å². The maximum Gasteiger partial charge on any atom is 0.159 e. The average Bonchev–Trinajstić information content (AvgIpc) is 2.60. The number of hydrogen-bond donors (Lipinski definition) is 0. The molecule has 0 saturated carbocycles. The molecule has 1 aliphatic heterocycles. The molecule has 0 radical (unpaired) electrons. The first-order valence-corrected chi connectivity index (χ1v) is 9.01. The zero-order valence-corrected chi connectivity index (χ0v) is 15.3. The molecule has 2 heterocycles. The van der Waals surface area contributed by atoms with Gasteiger partial charge in [-0.2, -0.15) is 0 Å². The molecule has 1 aromatic carbocycles. The topological polar surface area (TPSA) is 38.2 Å². The first-order valence-electron chi connectivity index (χ1n) is 9.01. The van der Waals surface area contributed by atoms with Gasteiger partial charge in [0.05, 0.1) is 19.0 Å². The zero-order valence-electron chi connectivity index (χ0n) is 15.3. The van der Waals surface area contributed by atoms with Gasteiger partial charge in [0.25, 0.3) is 0 Å². The van der Waals surface area contributed by atoms with Gasteiger partial charge in [0.1, 0.15) is 11.5 Å². The lowest BCUT2D eigenvalue weighted by Crippen LogP contribution is -2.41. The Bertz CT molecular complexity index is 708. The van der Waals surface area contributed by atoms with Crippen LogP contribution in [0.5, 0.6) is 5.75 Å². The molecule has 0 atom stereocenters. The second-order valence-corrected chi connectivity index (χ2v) is 7.50. The summed E-state index contributed by atoms with van der Waals surface area (Å²) in [5.74, 6) is 1.22. The SMILES string of the molecule is CC(C)(F)CN1CCC(COc2cnc(-c3cccc(F)c3)nc2)CC1. The summed E-state index contributed by atoms with van der Waals surface area (Å²) in [5, 5.41) is 0. The number of aromatic nitrogens is 2. The number of ether oxygens (including phenoxy) is 1. The monoisotopic (exact) mass is 361 g/mol.